The number of nitrogen functional groups attached to an aromatic ring is 1. The number of piperazine rings is 1. The van der Waals surface area contributed by atoms with Crippen LogP contribution in [0, 0.1) is 0 Å². The summed E-state index contributed by atoms with van der Waals surface area (Å²) in [5.41, 5.74) is 2.46. The fourth-order valence-corrected chi connectivity index (χ4v) is 2.36. The lowest BCUT2D eigenvalue weighted by Gasteiger charge is -2.30. The van der Waals surface area contributed by atoms with Crippen LogP contribution in [0.15, 0.2) is 6.20 Å². The number of hydrogen-bond acceptors (Lipinski definition) is 7. The smallest absolute Gasteiger partial charge is 0.243 e. The highest BCUT2D eigenvalue weighted by atomic mass is 32.1. The molecule has 2 rings (SSSR count). The van der Waals surface area contributed by atoms with Crippen LogP contribution < -0.4 is 16.6 Å². The molecule has 1 saturated heterocycles. The van der Waals surface area contributed by atoms with Crippen LogP contribution in [0.3, 0.4) is 0 Å². The van der Waals surface area contributed by atoms with Gasteiger partial charge in [0.1, 0.15) is 0 Å². The normalized spacial score (nSPS) is 21.4. The predicted octanol–water partition coefficient (Wildman–Crippen LogP) is -0.724. The molecule has 2 amide bonds. The van der Waals surface area contributed by atoms with Crippen LogP contribution in [0.25, 0.3) is 0 Å². The van der Waals surface area contributed by atoms with Gasteiger partial charge in [-0.2, -0.15) is 0 Å². The molecular weight excluding hydrogens is 242 g/mol. The maximum Gasteiger partial charge on any atom is 0.243 e. The van der Waals surface area contributed by atoms with Gasteiger partial charge < -0.3 is 0 Å². The number of imide groups is 1. The first-order chi connectivity index (χ1) is 8.10. The second kappa shape index (κ2) is 4.78. The maximum atomic E-state index is 11.4. The first-order valence-corrected chi connectivity index (χ1v) is 5.91. The fourth-order valence-electron chi connectivity index (χ4n) is 1.61. The van der Waals surface area contributed by atoms with Gasteiger partial charge in [0.05, 0.1) is 12.6 Å². The van der Waals surface area contributed by atoms with Crippen molar-refractivity contribution in [2.45, 2.75) is 19.5 Å². The second-order valence-corrected chi connectivity index (χ2v) is 4.88. The Kier molecular flexibility index (Phi) is 3.36. The van der Waals surface area contributed by atoms with Crippen molar-refractivity contribution in [3.63, 3.8) is 0 Å². The zero-order chi connectivity index (χ0) is 12.4. The molecule has 0 radical (unpaired) electrons. The zero-order valence-corrected chi connectivity index (χ0v) is 10.1. The van der Waals surface area contributed by atoms with Gasteiger partial charge in [-0.15, -0.1) is 0 Å². The van der Waals surface area contributed by atoms with E-state index in [1.807, 2.05) is 0 Å². The highest BCUT2D eigenvalue weighted by molar-refractivity contribution is 7.15. The van der Waals surface area contributed by atoms with Gasteiger partial charge in [-0.05, 0) is 6.92 Å². The molecule has 1 aromatic rings. The number of carbonyl (C=O) groups excluding carboxylic acids is 2. The summed E-state index contributed by atoms with van der Waals surface area (Å²) in [7, 11) is 0. The van der Waals surface area contributed by atoms with Crippen LogP contribution in [-0.2, 0) is 16.1 Å². The van der Waals surface area contributed by atoms with Crippen molar-refractivity contribution in [3.05, 3.63) is 11.1 Å². The number of hydrazine groups is 1. The van der Waals surface area contributed by atoms with Crippen LogP contribution in [0.1, 0.15) is 11.8 Å². The van der Waals surface area contributed by atoms with E-state index in [-0.39, 0.29) is 24.4 Å². The lowest BCUT2D eigenvalue weighted by Crippen LogP contribution is -2.56. The first-order valence-electron chi connectivity index (χ1n) is 5.09. The Hall–Kier alpha value is -1.51. The average molecular weight is 255 g/mol. The Bertz CT molecular complexity index is 446. The van der Waals surface area contributed by atoms with Gasteiger partial charge in [-0.3, -0.25) is 25.2 Å². The van der Waals surface area contributed by atoms with Gasteiger partial charge in [-0.25, -0.2) is 10.8 Å². The average Bonchev–Trinajstić information content (AvgIpc) is 2.73. The Labute approximate surface area is 102 Å². The molecule has 8 heteroatoms. The molecule has 1 unspecified atom stereocenters. The van der Waals surface area contributed by atoms with Crippen LogP contribution in [0.2, 0.25) is 0 Å². The number of aromatic nitrogens is 1. The molecule has 92 valence electrons. The molecular formula is C9H13N5O2S. The third-order valence-electron chi connectivity index (χ3n) is 2.57. The Morgan fingerprint density at radius 2 is 2.47 bits per heavy atom. The van der Waals surface area contributed by atoms with E-state index < -0.39 is 0 Å². The van der Waals surface area contributed by atoms with Crippen LogP contribution >= 0.6 is 11.3 Å². The van der Waals surface area contributed by atoms with Crippen molar-refractivity contribution in [1.82, 2.24) is 15.2 Å². The topological polar surface area (TPSA) is 100 Å². The summed E-state index contributed by atoms with van der Waals surface area (Å²) in [6.07, 6.45) is 1.68. The standard InChI is InChI=1S/C9H13N5O2S/c1-5-8(16)12-7(15)4-14(5)3-6-2-11-9(13-10)17-6/h2,5H,3-4,10H2,1H3,(H,11,13)(H,12,15,16). The molecule has 1 aromatic heterocycles. The number of carbonyl (C=O) groups is 2. The minimum absolute atomic E-state index is 0.218. The van der Waals surface area contributed by atoms with Crippen LogP contribution in [-0.4, -0.2) is 34.3 Å². The molecule has 1 aliphatic heterocycles. The van der Waals surface area contributed by atoms with E-state index in [1.165, 1.54) is 11.3 Å². The molecule has 1 atom stereocenters. The van der Waals surface area contributed by atoms with Gasteiger partial charge in [0.15, 0.2) is 5.13 Å². The second-order valence-electron chi connectivity index (χ2n) is 3.77. The first kappa shape index (κ1) is 12.0. The van der Waals surface area contributed by atoms with Gasteiger partial charge in [0.25, 0.3) is 0 Å². The van der Waals surface area contributed by atoms with Crippen molar-refractivity contribution in [1.29, 1.82) is 0 Å². The summed E-state index contributed by atoms with van der Waals surface area (Å²) in [6, 6.07) is -0.316. The maximum absolute atomic E-state index is 11.4. The number of nitrogens with one attached hydrogen (secondary N) is 2. The molecule has 0 aliphatic carbocycles. The number of nitrogens with zero attached hydrogens (tertiary/aromatic N) is 2. The van der Waals surface area contributed by atoms with Crippen molar-refractivity contribution < 1.29 is 9.59 Å². The summed E-state index contributed by atoms with van der Waals surface area (Å²) in [6.45, 7) is 2.50. The van der Waals surface area contributed by atoms with E-state index in [0.717, 1.165) is 4.88 Å². The molecule has 7 nitrogen and oxygen atoms in total. The number of nitrogens with two attached hydrogens (primary N) is 1. The molecule has 0 bridgehead atoms. The molecule has 17 heavy (non-hydrogen) atoms. The third-order valence-corrected chi connectivity index (χ3v) is 3.49. The van der Waals surface area contributed by atoms with Crippen molar-refractivity contribution in [2.24, 2.45) is 5.84 Å². The molecule has 1 fully saturated rings. The molecule has 0 aromatic carbocycles. The zero-order valence-electron chi connectivity index (χ0n) is 9.27. The predicted molar refractivity (Wildman–Crippen MR) is 62.9 cm³/mol. The number of thiazole rings is 1. The lowest BCUT2D eigenvalue weighted by atomic mass is 10.2. The monoisotopic (exact) mass is 255 g/mol. The number of hydrogen-bond donors (Lipinski definition) is 3. The van der Waals surface area contributed by atoms with Gasteiger partial charge in [-0.1, -0.05) is 11.3 Å². The summed E-state index contributed by atoms with van der Waals surface area (Å²) < 4.78 is 0. The minimum Gasteiger partial charge on any atom is -0.300 e. The largest absolute Gasteiger partial charge is 0.300 e. The Balaban J connectivity index is 2.06. The number of anilines is 1. The van der Waals surface area contributed by atoms with E-state index >= 15 is 0 Å². The van der Waals surface area contributed by atoms with Crippen molar-refractivity contribution >= 4 is 28.3 Å². The Morgan fingerprint density at radius 1 is 1.71 bits per heavy atom. The Morgan fingerprint density at radius 3 is 3.12 bits per heavy atom. The van der Waals surface area contributed by atoms with Crippen LogP contribution in [0.4, 0.5) is 5.13 Å². The number of amides is 2. The highest BCUT2D eigenvalue weighted by Gasteiger charge is 2.30. The molecule has 0 saturated carbocycles. The van der Waals surface area contributed by atoms with Gasteiger partial charge in [0.2, 0.25) is 11.8 Å². The van der Waals surface area contributed by atoms with E-state index in [4.69, 9.17) is 5.84 Å². The van der Waals surface area contributed by atoms with E-state index in [9.17, 15) is 9.59 Å². The van der Waals surface area contributed by atoms with E-state index in [0.29, 0.717) is 11.7 Å². The van der Waals surface area contributed by atoms with E-state index in [2.05, 4.69) is 15.7 Å². The third kappa shape index (κ3) is 2.60. The number of rotatable bonds is 3. The van der Waals surface area contributed by atoms with Gasteiger partial charge in [0, 0.05) is 17.6 Å². The minimum atomic E-state index is -0.316. The molecule has 0 spiro atoms. The highest BCUT2D eigenvalue weighted by Crippen LogP contribution is 2.20. The summed E-state index contributed by atoms with van der Waals surface area (Å²) >= 11 is 1.40. The van der Waals surface area contributed by atoms with Crippen molar-refractivity contribution in [3.8, 4) is 0 Å². The molecule has 2 heterocycles. The van der Waals surface area contributed by atoms with E-state index in [1.54, 1.807) is 18.0 Å². The quantitative estimate of drug-likeness (QED) is 0.374. The fraction of sp³-hybridized carbons (Fsp3) is 0.444. The SMILES string of the molecule is CC1C(=O)NC(=O)CN1Cc1cnc(NN)s1. The van der Waals surface area contributed by atoms with Crippen LogP contribution in [0.5, 0.6) is 0 Å². The van der Waals surface area contributed by atoms with Gasteiger partial charge >= 0.3 is 0 Å². The lowest BCUT2D eigenvalue weighted by molar-refractivity contribution is -0.139. The van der Waals surface area contributed by atoms with Crippen molar-refractivity contribution in [2.75, 3.05) is 12.0 Å². The molecule has 1 aliphatic rings. The molecule has 4 N–H and O–H groups in total. The summed E-state index contributed by atoms with van der Waals surface area (Å²) in [5, 5.41) is 2.91. The summed E-state index contributed by atoms with van der Waals surface area (Å²) in [4.78, 5) is 29.5. The summed E-state index contributed by atoms with van der Waals surface area (Å²) in [5.74, 6) is 4.70.